The molecule has 0 rings (SSSR count). The minimum atomic E-state index is -4.69. The van der Waals surface area contributed by atoms with Crippen molar-refractivity contribution in [2.45, 2.75) is 64.7 Å². The third-order valence-electron chi connectivity index (χ3n) is 3.31. The van der Waals surface area contributed by atoms with Gasteiger partial charge < -0.3 is 9.64 Å². The van der Waals surface area contributed by atoms with Crippen LogP contribution in [0.5, 0.6) is 0 Å². The van der Waals surface area contributed by atoms with Gasteiger partial charge in [-0.15, -0.1) is 0 Å². The second-order valence-corrected chi connectivity index (χ2v) is 6.05. The molecule has 0 heterocycles. The molecule has 0 radical (unpaired) electrons. The van der Waals surface area contributed by atoms with Crippen molar-refractivity contribution in [1.82, 2.24) is 10.2 Å². The zero-order valence-corrected chi connectivity index (χ0v) is 14.5. The van der Waals surface area contributed by atoms with E-state index >= 15 is 0 Å². The third-order valence-corrected chi connectivity index (χ3v) is 3.31. The first-order valence-corrected chi connectivity index (χ1v) is 7.78. The molecule has 9 heteroatoms. The van der Waals surface area contributed by atoms with E-state index < -0.39 is 24.3 Å². The molecule has 1 amide bonds. The summed E-state index contributed by atoms with van der Waals surface area (Å²) in [6, 6.07) is 0. The quantitative estimate of drug-likeness (QED) is 0.304. The maximum atomic E-state index is 12.6. The molecule has 0 spiro atoms. The highest BCUT2D eigenvalue weighted by molar-refractivity contribution is 5.96. The summed E-state index contributed by atoms with van der Waals surface area (Å²) in [4.78, 5) is 24.2. The molecule has 2 N–H and O–H groups in total. The van der Waals surface area contributed by atoms with E-state index in [1.165, 1.54) is 7.05 Å². The second kappa shape index (κ2) is 9.48. The summed E-state index contributed by atoms with van der Waals surface area (Å²) in [5.74, 6) is -1.87. The summed E-state index contributed by atoms with van der Waals surface area (Å²) in [6.45, 7) is 2.96. The predicted octanol–water partition coefficient (Wildman–Crippen LogP) is 2.82. The van der Waals surface area contributed by atoms with Gasteiger partial charge in [0.25, 0.3) is 0 Å². The van der Waals surface area contributed by atoms with Crippen molar-refractivity contribution in [3.05, 3.63) is 0 Å². The van der Waals surface area contributed by atoms with Crippen molar-refractivity contribution in [1.29, 1.82) is 5.41 Å². The monoisotopic (exact) mass is 353 g/mol. The lowest BCUT2D eigenvalue weighted by atomic mass is 10.1. The number of carbonyl (C=O) groups excluding carboxylic acids is 2. The van der Waals surface area contributed by atoms with Crippen molar-refractivity contribution >= 4 is 17.8 Å². The molecule has 0 aliphatic rings. The number of halogens is 3. The van der Waals surface area contributed by atoms with Gasteiger partial charge in [0.15, 0.2) is 5.96 Å². The molecular weight excluding hydrogens is 327 g/mol. The summed E-state index contributed by atoms with van der Waals surface area (Å²) in [5, 5.41) is 9.95. The van der Waals surface area contributed by atoms with Crippen molar-refractivity contribution in [2.75, 3.05) is 13.6 Å². The van der Waals surface area contributed by atoms with E-state index in [0.717, 1.165) is 38.0 Å². The van der Waals surface area contributed by atoms with Crippen molar-refractivity contribution in [2.24, 2.45) is 0 Å². The van der Waals surface area contributed by atoms with Gasteiger partial charge in [-0.2, -0.15) is 13.2 Å². The summed E-state index contributed by atoms with van der Waals surface area (Å²) < 4.78 is 42.3. The Hall–Kier alpha value is -1.80. The van der Waals surface area contributed by atoms with Crippen LogP contribution in [0.25, 0.3) is 0 Å². The van der Waals surface area contributed by atoms with Crippen LogP contribution < -0.4 is 5.32 Å². The number of ether oxygens (including phenoxy) is 1. The van der Waals surface area contributed by atoms with Gasteiger partial charge in [0.2, 0.25) is 11.5 Å². The van der Waals surface area contributed by atoms with Crippen molar-refractivity contribution in [3.8, 4) is 0 Å². The van der Waals surface area contributed by atoms with Gasteiger partial charge in [0, 0.05) is 13.5 Å². The van der Waals surface area contributed by atoms with E-state index in [2.05, 4.69) is 10.1 Å². The summed E-state index contributed by atoms with van der Waals surface area (Å²) in [6.07, 6.45) is -0.782. The van der Waals surface area contributed by atoms with Crippen LogP contribution in [0.15, 0.2) is 0 Å². The van der Waals surface area contributed by atoms with E-state index in [9.17, 15) is 22.8 Å². The molecule has 24 heavy (non-hydrogen) atoms. The van der Waals surface area contributed by atoms with Crippen LogP contribution >= 0.6 is 0 Å². The van der Waals surface area contributed by atoms with Crippen LogP contribution in [-0.2, 0) is 14.3 Å². The minimum absolute atomic E-state index is 0.252. The molecule has 0 aliphatic heterocycles. The Morgan fingerprint density at radius 3 is 2.25 bits per heavy atom. The standard InChI is InChI=1S/C15H26F3N3O3/c1-5-6-7-8-9-11(22)20-13(19)21(4)10-12(23)24-14(2,3)15(16,17)18/h5-10H2,1-4H3,(H2,19,20,22). The number of guanidine groups is 1. The lowest BCUT2D eigenvalue weighted by Crippen LogP contribution is -2.48. The maximum absolute atomic E-state index is 12.6. The molecule has 140 valence electrons. The average molecular weight is 353 g/mol. The van der Waals surface area contributed by atoms with Crippen molar-refractivity contribution < 1.29 is 27.5 Å². The number of nitrogens with zero attached hydrogens (tertiary/aromatic N) is 1. The molecule has 0 unspecified atom stereocenters. The number of nitrogens with one attached hydrogen (secondary N) is 2. The van der Waals surface area contributed by atoms with Gasteiger partial charge in [0.1, 0.15) is 6.54 Å². The molecule has 0 aromatic rings. The highest BCUT2D eigenvalue weighted by Crippen LogP contribution is 2.32. The Bertz CT molecular complexity index is 451. The van der Waals surface area contributed by atoms with Gasteiger partial charge in [-0.1, -0.05) is 26.2 Å². The van der Waals surface area contributed by atoms with E-state index in [-0.39, 0.29) is 18.3 Å². The highest BCUT2D eigenvalue weighted by Gasteiger charge is 2.50. The van der Waals surface area contributed by atoms with Gasteiger partial charge in [-0.25, -0.2) is 0 Å². The molecule has 6 nitrogen and oxygen atoms in total. The fourth-order valence-electron chi connectivity index (χ4n) is 1.65. The van der Waals surface area contributed by atoms with Crippen LogP contribution in [0, 0.1) is 5.41 Å². The molecule has 0 bridgehead atoms. The average Bonchev–Trinajstić information content (AvgIpc) is 2.41. The fourth-order valence-corrected chi connectivity index (χ4v) is 1.65. The van der Waals surface area contributed by atoms with E-state index in [0.29, 0.717) is 6.42 Å². The first-order chi connectivity index (χ1) is 10.9. The van der Waals surface area contributed by atoms with Crippen LogP contribution in [-0.4, -0.2) is 48.1 Å². The Labute approximate surface area is 140 Å². The summed E-state index contributed by atoms with van der Waals surface area (Å²) >= 11 is 0. The normalized spacial score (nSPS) is 11.8. The summed E-state index contributed by atoms with van der Waals surface area (Å²) in [5.41, 5.74) is -2.62. The van der Waals surface area contributed by atoms with Gasteiger partial charge in [-0.05, 0) is 20.3 Å². The number of alkyl halides is 3. The zero-order chi connectivity index (χ0) is 19.0. The first-order valence-electron chi connectivity index (χ1n) is 7.78. The van der Waals surface area contributed by atoms with Crippen LogP contribution in [0.3, 0.4) is 0 Å². The molecule has 0 fully saturated rings. The zero-order valence-electron chi connectivity index (χ0n) is 14.5. The molecular formula is C15H26F3N3O3. The van der Waals surface area contributed by atoms with Crippen molar-refractivity contribution in [3.63, 3.8) is 0 Å². The molecule has 0 aliphatic carbocycles. The largest absolute Gasteiger partial charge is 0.449 e. The first kappa shape index (κ1) is 22.2. The smallest absolute Gasteiger partial charge is 0.427 e. The van der Waals surface area contributed by atoms with Gasteiger partial charge in [0.05, 0.1) is 0 Å². The lowest BCUT2D eigenvalue weighted by molar-refractivity contribution is -0.257. The second-order valence-electron chi connectivity index (χ2n) is 6.05. The third kappa shape index (κ3) is 8.16. The number of carbonyl (C=O) groups is 2. The van der Waals surface area contributed by atoms with Crippen LogP contribution in [0.4, 0.5) is 13.2 Å². The Morgan fingerprint density at radius 1 is 1.17 bits per heavy atom. The lowest BCUT2D eigenvalue weighted by Gasteiger charge is -2.28. The van der Waals surface area contributed by atoms with E-state index in [4.69, 9.17) is 5.41 Å². The number of likely N-dealkylation sites (N-methyl/N-ethyl adjacent to an activating group) is 1. The molecule has 0 atom stereocenters. The van der Waals surface area contributed by atoms with E-state index in [1.54, 1.807) is 0 Å². The molecule has 0 aromatic carbocycles. The SMILES string of the molecule is CCCCCCC(=O)NC(=N)N(C)CC(=O)OC(C)(C)C(F)(F)F. The van der Waals surface area contributed by atoms with Crippen LogP contribution in [0.1, 0.15) is 52.9 Å². The number of hydrogen-bond acceptors (Lipinski definition) is 4. The maximum Gasteiger partial charge on any atom is 0.427 e. The highest BCUT2D eigenvalue weighted by atomic mass is 19.4. The van der Waals surface area contributed by atoms with Gasteiger partial charge >= 0.3 is 12.1 Å². The Morgan fingerprint density at radius 2 is 1.75 bits per heavy atom. The molecule has 0 saturated carbocycles. The predicted molar refractivity (Wildman–Crippen MR) is 83.5 cm³/mol. The number of hydrogen-bond donors (Lipinski definition) is 2. The number of amides is 1. The minimum Gasteiger partial charge on any atom is -0.449 e. The number of esters is 1. The molecule has 0 saturated heterocycles. The Balaban J connectivity index is 4.31. The van der Waals surface area contributed by atoms with E-state index in [1.807, 2.05) is 6.92 Å². The number of unbranched alkanes of at least 4 members (excludes halogenated alkanes) is 3. The fraction of sp³-hybridized carbons (Fsp3) is 0.800. The van der Waals surface area contributed by atoms with Gasteiger partial charge in [-0.3, -0.25) is 20.3 Å². The topological polar surface area (TPSA) is 82.5 Å². The van der Waals surface area contributed by atoms with Crippen LogP contribution in [0.2, 0.25) is 0 Å². The number of rotatable bonds is 8. The molecule has 0 aromatic heterocycles. The summed E-state index contributed by atoms with van der Waals surface area (Å²) in [7, 11) is 1.31. The Kier molecular flexibility index (Phi) is 8.77.